The summed E-state index contributed by atoms with van der Waals surface area (Å²) in [6, 6.07) is 1.98. The predicted octanol–water partition coefficient (Wildman–Crippen LogP) is 3.65. The zero-order valence-corrected chi connectivity index (χ0v) is 14.0. The van der Waals surface area contributed by atoms with Gasteiger partial charge in [-0.05, 0) is 46.1 Å². The number of allylic oxidation sites excluding steroid dienone is 2. The Morgan fingerprint density at radius 2 is 2.18 bits per heavy atom. The van der Waals surface area contributed by atoms with Crippen molar-refractivity contribution >= 4 is 23.2 Å². The highest BCUT2D eigenvalue weighted by Gasteiger charge is 2.68. The number of hydrogen-bond acceptors (Lipinski definition) is 4. The quantitative estimate of drug-likeness (QED) is 0.734. The summed E-state index contributed by atoms with van der Waals surface area (Å²) in [6.07, 6.45) is 2.36. The molecule has 1 saturated heterocycles. The van der Waals surface area contributed by atoms with E-state index in [1.165, 1.54) is 0 Å². The van der Waals surface area contributed by atoms with E-state index in [4.69, 9.17) is 4.74 Å². The van der Waals surface area contributed by atoms with Crippen molar-refractivity contribution in [2.24, 2.45) is 5.92 Å². The molecule has 2 atom stereocenters. The van der Waals surface area contributed by atoms with Gasteiger partial charge in [-0.3, -0.25) is 9.69 Å². The summed E-state index contributed by atoms with van der Waals surface area (Å²) in [5.74, 6) is 0.442. The van der Waals surface area contributed by atoms with Crippen LogP contribution in [0.15, 0.2) is 17.8 Å². The highest BCUT2D eigenvalue weighted by atomic mass is 32.1. The molecule has 2 aliphatic carbocycles. The summed E-state index contributed by atoms with van der Waals surface area (Å²) in [6.45, 7) is 8.27. The van der Waals surface area contributed by atoms with E-state index in [9.17, 15) is 9.59 Å². The van der Waals surface area contributed by atoms with Gasteiger partial charge in [0.1, 0.15) is 5.60 Å². The number of thiophene rings is 1. The monoisotopic (exact) mass is 317 g/mol. The molecule has 1 aromatic rings. The smallest absolute Gasteiger partial charge is 0.414 e. The summed E-state index contributed by atoms with van der Waals surface area (Å²) in [5, 5.41) is 0. The Hall–Kier alpha value is -1.62. The second kappa shape index (κ2) is 4.02. The van der Waals surface area contributed by atoms with Gasteiger partial charge >= 0.3 is 6.09 Å². The number of amides is 1. The number of fused-ring (bicyclic) bond motifs is 1. The van der Waals surface area contributed by atoms with Crippen molar-refractivity contribution in [1.82, 2.24) is 4.90 Å². The first-order valence-corrected chi connectivity index (χ1v) is 8.42. The molecule has 0 radical (unpaired) electrons. The molecule has 2 fully saturated rings. The zero-order chi connectivity index (χ0) is 15.9. The molecule has 5 heteroatoms. The second-order valence-corrected chi connectivity index (χ2v) is 8.71. The molecule has 4 rings (SSSR count). The van der Waals surface area contributed by atoms with Crippen molar-refractivity contribution in [3.63, 3.8) is 0 Å². The van der Waals surface area contributed by atoms with Crippen LogP contribution in [0.2, 0.25) is 0 Å². The molecule has 1 amide bonds. The molecule has 2 heterocycles. The van der Waals surface area contributed by atoms with E-state index in [1.807, 2.05) is 33.8 Å². The number of carbonyl (C=O) groups excluding carboxylic acids is 2. The minimum Gasteiger partial charge on any atom is -0.443 e. The lowest BCUT2D eigenvalue weighted by molar-refractivity contribution is 0.0322. The molecule has 3 aliphatic rings. The van der Waals surface area contributed by atoms with Crippen LogP contribution in [-0.4, -0.2) is 28.9 Å². The van der Waals surface area contributed by atoms with Gasteiger partial charge in [0.15, 0.2) is 5.78 Å². The van der Waals surface area contributed by atoms with Crippen molar-refractivity contribution in [2.75, 3.05) is 6.54 Å². The molecule has 1 spiro atoms. The Morgan fingerprint density at radius 3 is 2.86 bits per heavy atom. The Bertz CT molecular complexity index is 740. The molecule has 1 saturated carbocycles. The van der Waals surface area contributed by atoms with Crippen molar-refractivity contribution in [2.45, 2.75) is 45.1 Å². The van der Waals surface area contributed by atoms with Gasteiger partial charge in [-0.25, -0.2) is 4.79 Å². The Kier molecular flexibility index (Phi) is 2.56. The molecule has 22 heavy (non-hydrogen) atoms. The molecule has 0 bridgehead atoms. The average Bonchev–Trinajstić information content (AvgIpc) is 2.78. The number of aryl methyl sites for hydroxylation is 1. The van der Waals surface area contributed by atoms with Crippen LogP contribution < -0.4 is 0 Å². The van der Waals surface area contributed by atoms with Crippen LogP contribution in [0, 0.1) is 12.8 Å². The highest BCUT2D eigenvalue weighted by molar-refractivity contribution is 7.12. The lowest BCUT2D eigenvalue weighted by atomic mass is 9.88. The van der Waals surface area contributed by atoms with Crippen LogP contribution in [-0.2, 0) is 10.2 Å². The van der Waals surface area contributed by atoms with Gasteiger partial charge in [-0.1, -0.05) is 0 Å². The molecule has 0 N–H and O–H groups in total. The van der Waals surface area contributed by atoms with E-state index in [-0.39, 0.29) is 17.3 Å². The number of ether oxygens (including phenoxy) is 1. The van der Waals surface area contributed by atoms with E-state index in [0.717, 1.165) is 27.4 Å². The molecule has 116 valence electrons. The molecule has 4 nitrogen and oxygen atoms in total. The Balaban J connectivity index is 1.73. The lowest BCUT2D eigenvalue weighted by Gasteiger charge is -2.29. The fourth-order valence-corrected chi connectivity index (χ4v) is 5.05. The molecule has 1 aliphatic heterocycles. The third kappa shape index (κ3) is 1.75. The van der Waals surface area contributed by atoms with E-state index in [0.29, 0.717) is 12.5 Å². The van der Waals surface area contributed by atoms with Crippen LogP contribution in [0.3, 0.4) is 0 Å². The number of carbonyl (C=O) groups is 2. The molecule has 1 aromatic heterocycles. The fourth-order valence-electron chi connectivity index (χ4n) is 3.74. The molecule has 0 unspecified atom stereocenters. The van der Waals surface area contributed by atoms with E-state index in [2.05, 4.69) is 0 Å². The summed E-state index contributed by atoms with van der Waals surface area (Å²) < 4.78 is 5.50. The number of rotatable bonds is 0. The topological polar surface area (TPSA) is 46.6 Å². The summed E-state index contributed by atoms with van der Waals surface area (Å²) in [4.78, 5) is 28.9. The van der Waals surface area contributed by atoms with Crippen LogP contribution in [0.25, 0.3) is 0 Å². The lowest BCUT2D eigenvalue weighted by Crippen LogP contribution is -2.37. The second-order valence-electron chi connectivity index (χ2n) is 7.46. The number of hydrogen-bond donors (Lipinski definition) is 0. The van der Waals surface area contributed by atoms with Gasteiger partial charge in [0, 0.05) is 33.6 Å². The summed E-state index contributed by atoms with van der Waals surface area (Å²) >= 11 is 1.70. The van der Waals surface area contributed by atoms with E-state index in [1.54, 1.807) is 22.3 Å². The number of likely N-dealkylation sites (tertiary alicyclic amines) is 1. The van der Waals surface area contributed by atoms with Gasteiger partial charge in [0.25, 0.3) is 0 Å². The Morgan fingerprint density at radius 1 is 1.45 bits per heavy atom. The van der Waals surface area contributed by atoms with Gasteiger partial charge in [0.05, 0.1) is 5.41 Å². The predicted molar refractivity (Wildman–Crippen MR) is 84.2 cm³/mol. The largest absolute Gasteiger partial charge is 0.443 e. The van der Waals surface area contributed by atoms with Gasteiger partial charge in [-0.2, -0.15) is 0 Å². The van der Waals surface area contributed by atoms with E-state index < -0.39 is 5.60 Å². The van der Waals surface area contributed by atoms with Crippen LogP contribution in [0.1, 0.15) is 47.3 Å². The standard InChI is InChI=1S/C17H19NO3S/c1-9-5-11-12(19)6-13-17(14(11)22-9)7-10(17)8-18(13)15(20)21-16(2,3)4/h5-6,10H,7-8H2,1-4H3/t10-,17+/m1/s1. The molecular weight excluding hydrogens is 298 g/mol. The van der Waals surface area contributed by atoms with Gasteiger partial charge in [0.2, 0.25) is 0 Å². The number of nitrogens with zero attached hydrogens (tertiary/aromatic N) is 1. The third-order valence-electron chi connectivity index (χ3n) is 4.66. The zero-order valence-electron chi connectivity index (χ0n) is 13.2. The number of piperidine rings is 1. The maximum Gasteiger partial charge on any atom is 0.414 e. The number of ketones is 1. The van der Waals surface area contributed by atoms with Crippen molar-refractivity contribution in [1.29, 1.82) is 0 Å². The van der Waals surface area contributed by atoms with Crippen molar-refractivity contribution in [3.05, 3.63) is 33.2 Å². The van der Waals surface area contributed by atoms with Crippen LogP contribution >= 0.6 is 11.3 Å². The van der Waals surface area contributed by atoms with Gasteiger partial charge in [-0.15, -0.1) is 11.3 Å². The molecular formula is C17H19NO3S. The highest BCUT2D eigenvalue weighted by Crippen LogP contribution is 2.68. The maximum atomic E-state index is 12.5. The summed E-state index contributed by atoms with van der Waals surface area (Å²) in [7, 11) is 0. The first-order chi connectivity index (χ1) is 10.2. The average molecular weight is 317 g/mol. The first-order valence-electron chi connectivity index (χ1n) is 7.60. The first kappa shape index (κ1) is 14.0. The summed E-state index contributed by atoms with van der Waals surface area (Å²) in [5.41, 5.74) is 1.06. The fraction of sp³-hybridized carbons (Fsp3) is 0.529. The minimum atomic E-state index is -0.527. The van der Waals surface area contributed by atoms with Gasteiger partial charge < -0.3 is 4.74 Å². The normalized spacial score (nSPS) is 28.7. The van der Waals surface area contributed by atoms with Crippen molar-refractivity contribution in [3.8, 4) is 0 Å². The molecule has 0 aromatic carbocycles. The van der Waals surface area contributed by atoms with E-state index >= 15 is 0 Å². The van der Waals surface area contributed by atoms with Crippen LogP contribution in [0.4, 0.5) is 4.79 Å². The third-order valence-corrected chi connectivity index (χ3v) is 5.89. The van der Waals surface area contributed by atoms with Crippen LogP contribution in [0.5, 0.6) is 0 Å². The van der Waals surface area contributed by atoms with Crippen molar-refractivity contribution < 1.29 is 14.3 Å². The minimum absolute atomic E-state index is 0.0149. The maximum absolute atomic E-state index is 12.5. The Labute approximate surface area is 133 Å². The SMILES string of the molecule is Cc1cc2c(s1)[C@@]13C[C@@H]1CN(C(=O)OC(C)(C)C)C3=CC2=O.